The van der Waals surface area contributed by atoms with Crippen LogP contribution in [0.5, 0.6) is 0 Å². The van der Waals surface area contributed by atoms with Crippen LogP contribution >= 0.6 is 0 Å². The van der Waals surface area contributed by atoms with Gasteiger partial charge in [-0.05, 0) is 32.0 Å². The molecular weight excluding hydrogens is 364 g/mol. The van der Waals surface area contributed by atoms with E-state index in [4.69, 9.17) is 4.52 Å². The number of hydrogen-bond acceptors (Lipinski definition) is 6. The Kier molecular flexibility index (Phi) is 4.94. The third-order valence-electron chi connectivity index (χ3n) is 4.82. The van der Waals surface area contributed by atoms with Crippen molar-refractivity contribution < 1.29 is 12.9 Å². The summed E-state index contributed by atoms with van der Waals surface area (Å²) >= 11 is 0. The van der Waals surface area contributed by atoms with Crippen molar-refractivity contribution in [3.63, 3.8) is 0 Å². The molecule has 7 nitrogen and oxygen atoms in total. The van der Waals surface area contributed by atoms with Crippen molar-refractivity contribution >= 4 is 20.9 Å². The van der Waals surface area contributed by atoms with Gasteiger partial charge in [-0.3, -0.25) is 9.88 Å². The highest BCUT2D eigenvalue weighted by molar-refractivity contribution is 7.89. The Bertz CT molecular complexity index is 1040. The fourth-order valence-electron chi connectivity index (χ4n) is 3.49. The summed E-state index contributed by atoms with van der Waals surface area (Å²) in [4.78, 5) is 6.80. The van der Waals surface area contributed by atoms with Crippen LogP contribution in [-0.4, -0.2) is 53.9 Å². The average Bonchev–Trinajstić information content (AvgIpc) is 2.92. The fraction of sp³-hybridized carbons (Fsp3) is 0.368. The van der Waals surface area contributed by atoms with E-state index in [-0.39, 0.29) is 4.90 Å². The third-order valence-corrected chi connectivity index (χ3v) is 6.75. The van der Waals surface area contributed by atoms with Crippen LogP contribution in [0.15, 0.2) is 52.0 Å². The molecule has 0 saturated carbocycles. The fourth-order valence-corrected chi connectivity index (χ4v) is 5.13. The van der Waals surface area contributed by atoms with Crippen LogP contribution in [0.3, 0.4) is 0 Å². The molecule has 27 heavy (non-hydrogen) atoms. The van der Waals surface area contributed by atoms with Gasteiger partial charge >= 0.3 is 0 Å². The molecule has 0 amide bonds. The van der Waals surface area contributed by atoms with Crippen LogP contribution < -0.4 is 0 Å². The van der Waals surface area contributed by atoms with Crippen molar-refractivity contribution in [2.24, 2.45) is 0 Å². The van der Waals surface area contributed by atoms with E-state index in [2.05, 4.69) is 15.0 Å². The van der Waals surface area contributed by atoms with Crippen molar-refractivity contribution in [3.05, 3.63) is 54.0 Å². The van der Waals surface area contributed by atoms with Crippen LogP contribution in [0.4, 0.5) is 0 Å². The molecule has 2 aromatic heterocycles. The van der Waals surface area contributed by atoms with E-state index >= 15 is 0 Å². The molecular formula is C19H22N4O3S. The molecule has 0 unspecified atom stereocenters. The summed E-state index contributed by atoms with van der Waals surface area (Å²) in [5, 5.41) is 4.86. The van der Waals surface area contributed by atoms with Crippen molar-refractivity contribution in [2.75, 3.05) is 26.2 Å². The first-order valence-electron chi connectivity index (χ1n) is 9.02. The lowest BCUT2D eigenvalue weighted by Crippen LogP contribution is -2.35. The lowest BCUT2D eigenvalue weighted by Gasteiger charge is -2.21. The van der Waals surface area contributed by atoms with Crippen molar-refractivity contribution in [1.82, 2.24) is 19.3 Å². The van der Waals surface area contributed by atoms with E-state index in [0.29, 0.717) is 31.7 Å². The van der Waals surface area contributed by atoms with E-state index < -0.39 is 10.0 Å². The molecule has 3 heterocycles. The Balaban J connectivity index is 1.54. The third kappa shape index (κ3) is 3.73. The van der Waals surface area contributed by atoms with Crippen molar-refractivity contribution in [2.45, 2.75) is 24.8 Å². The number of nitrogens with zero attached hydrogens (tertiary/aromatic N) is 4. The normalized spacial score (nSPS) is 17.2. The molecule has 1 aliphatic heterocycles. The maximum absolute atomic E-state index is 13.3. The monoisotopic (exact) mass is 386 g/mol. The highest BCUT2D eigenvalue weighted by Gasteiger charge is 2.29. The Morgan fingerprint density at radius 1 is 1.11 bits per heavy atom. The number of aromatic nitrogens is 2. The smallest absolute Gasteiger partial charge is 0.245 e. The predicted molar refractivity (Wildman–Crippen MR) is 102 cm³/mol. The first-order valence-corrected chi connectivity index (χ1v) is 10.5. The summed E-state index contributed by atoms with van der Waals surface area (Å²) in [5.41, 5.74) is 1.40. The second-order valence-corrected chi connectivity index (χ2v) is 8.70. The van der Waals surface area contributed by atoms with Gasteiger partial charge in [0.1, 0.15) is 10.7 Å². The summed E-state index contributed by atoms with van der Waals surface area (Å²) in [6.45, 7) is 4.96. The van der Waals surface area contributed by atoms with E-state index in [1.165, 1.54) is 0 Å². The lowest BCUT2D eigenvalue weighted by molar-refractivity contribution is 0.268. The van der Waals surface area contributed by atoms with E-state index in [1.54, 1.807) is 22.6 Å². The zero-order valence-corrected chi connectivity index (χ0v) is 16.0. The van der Waals surface area contributed by atoms with E-state index in [1.807, 2.05) is 31.2 Å². The summed E-state index contributed by atoms with van der Waals surface area (Å²) < 4.78 is 33.2. The molecule has 1 aliphatic rings. The standard InChI is InChI=1S/C19H22N4O3S/c1-15-13-17(21-26-15)14-22-9-4-10-23(12-11-22)27(24,25)18-7-2-5-16-6-3-8-20-19(16)18/h2-3,5-8,13H,4,9-12,14H2,1H3. The number of rotatable bonds is 4. The van der Waals surface area contributed by atoms with Gasteiger partial charge in [-0.15, -0.1) is 0 Å². The van der Waals surface area contributed by atoms with Gasteiger partial charge in [-0.2, -0.15) is 4.31 Å². The van der Waals surface area contributed by atoms with Crippen LogP contribution in [0.2, 0.25) is 0 Å². The summed E-state index contributed by atoms with van der Waals surface area (Å²) in [7, 11) is -3.59. The molecule has 3 aromatic rings. The first kappa shape index (κ1) is 18.1. The number of fused-ring (bicyclic) bond motifs is 1. The highest BCUT2D eigenvalue weighted by Crippen LogP contribution is 2.25. The molecule has 1 saturated heterocycles. The molecule has 1 fully saturated rings. The average molecular weight is 386 g/mol. The molecule has 8 heteroatoms. The van der Waals surface area contributed by atoms with E-state index in [0.717, 1.165) is 29.8 Å². The zero-order chi connectivity index (χ0) is 18.9. The topological polar surface area (TPSA) is 79.5 Å². The minimum atomic E-state index is -3.59. The molecule has 4 rings (SSSR count). The van der Waals surface area contributed by atoms with Crippen LogP contribution in [0.1, 0.15) is 17.9 Å². The van der Waals surface area contributed by atoms with Gasteiger partial charge < -0.3 is 4.52 Å². The molecule has 0 N–H and O–H groups in total. The van der Waals surface area contributed by atoms with E-state index in [9.17, 15) is 8.42 Å². The molecule has 142 valence electrons. The number of sulfonamides is 1. The van der Waals surface area contributed by atoms with Gasteiger partial charge in [-0.1, -0.05) is 23.4 Å². The van der Waals surface area contributed by atoms with Crippen molar-refractivity contribution in [1.29, 1.82) is 0 Å². The summed E-state index contributed by atoms with van der Waals surface area (Å²) in [5.74, 6) is 0.785. The molecule has 0 aliphatic carbocycles. The molecule has 0 bridgehead atoms. The zero-order valence-electron chi connectivity index (χ0n) is 15.2. The summed E-state index contributed by atoms with van der Waals surface area (Å²) in [6.07, 6.45) is 2.40. The highest BCUT2D eigenvalue weighted by atomic mass is 32.2. The molecule has 0 spiro atoms. The quantitative estimate of drug-likeness (QED) is 0.685. The van der Waals surface area contributed by atoms with Gasteiger partial charge in [0.2, 0.25) is 10.0 Å². The van der Waals surface area contributed by atoms with Gasteiger partial charge in [0.15, 0.2) is 0 Å². The first-order chi connectivity index (χ1) is 13.0. The maximum Gasteiger partial charge on any atom is 0.245 e. The SMILES string of the molecule is Cc1cc(CN2CCCN(S(=O)(=O)c3cccc4cccnc34)CC2)no1. The van der Waals surface area contributed by atoms with Crippen LogP contribution in [-0.2, 0) is 16.6 Å². The Hall–Kier alpha value is -2.29. The van der Waals surface area contributed by atoms with Gasteiger partial charge in [0, 0.05) is 43.8 Å². The largest absolute Gasteiger partial charge is 0.361 e. The minimum absolute atomic E-state index is 0.279. The second kappa shape index (κ2) is 7.38. The number of benzene rings is 1. The molecule has 1 aromatic carbocycles. The Labute approximate surface area is 158 Å². The molecule has 0 atom stereocenters. The van der Waals surface area contributed by atoms with Gasteiger partial charge in [0.25, 0.3) is 0 Å². The number of para-hydroxylation sites is 1. The maximum atomic E-state index is 13.3. The van der Waals surface area contributed by atoms with Gasteiger partial charge in [0.05, 0.1) is 11.2 Å². The lowest BCUT2D eigenvalue weighted by atomic mass is 10.2. The molecule has 0 radical (unpaired) electrons. The predicted octanol–water partition coefficient (Wildman–Crippen LogP) is 2.43. The Morgan fingerprint density at radius 2 is 1.96 bits per heavy atom. The van der Waals surface area contributed by atoms with Crippen LogP contribution in [0.25, 0.3) is 10.9 Å². The number of aryl methyl sites for hydroxylation is 1. The number of pyridine rings is 1. The van der Waals surface area contributed by atoms with Crippen LogP contribution in [0, 0.1) is 6.92 Å². The Morgan fingerprint density at radius 3 is 2.78 bits per heavy atom. The number of hydrogen-bond donors (Lipinski definition) is 0. The minimum Gasteiger partial charge on any atom is -0.361 e. The van der Waals surface area contributed by atoms with Crippen molar-refractivity contribution in [3.8, 4) is 0 Å². The summed E-state index contributed by atoms with van der Waals surface area (Å²) in [6, 6.07) is 10.9. The van der Waals surface area contributed by atoms with Gasteiger partial charge in [-0.25, -0.2) is 8.42 Å². The second-order valence-electron chi connectivity index (χ2n) is 6.79.